The highest BCUT2D eigenvalue weighted by Gasteiger charge is 2.06. The number of allylic oxidation sites excluding steroid dienone is 4. The van der Waals surface area contributed by atoms with Crippen LogP contribution in [0.4, 0.5) is 0 Å². The third kappa shape index (κ3) is 1.39. The highest BCUT2D eigenvalue weighted by atomic mass is 32.1. The van der Waals surface area contributed by atoms with E-state index in [4.69, 9.17) is 12.2 Å². The molecule has 0 aromatic carbocycles. The lowest BCUT2D eigenvalue weighted by atomic mass is 10.0. The molecule has 0 atom stereocenters. The van der Waals surface area contributed by atoms with Gasteiger partial charge in [-0.3, -0.25) is 4.79 Å². The van der Waals surface area contributed by atoms with Crippen LogP contribution < -0.4 is 0 Å². The van der Waals surface area contributed by atoms with Crippen molar-refractivity contribution in [3.63, 3.8) is 0 Å². The highest BCUT2D eigenvalue weighted by molar-refractivity contribution is 7.81. The van der Waals surface area contributed by atoms with E-state index < -0.39 is 0 Å². The van der Waals surface area contributed by atoms with Crippen molar-refractivity contribution < 1.29 is 4.79 Å². The molecular weight excluding hydrogens is 144 g/mol. The monoisotopic (exact) mass is 152 g/mol. The molecule has 0 radical (unpaired) electrons. The van der Waals surface area contributed by atoms with Gasteiger partial charge in [0.2, 0.25) is 0 Å². The lowest BCUT2D eigenvalue weighted by Gasteiger charge is -2.05. The zero-order valence-corrected chi connectivity index (χ0v) is 6.57. The number of carbonyl (C=O) groups is 1. The summed E-state index contributed by atoms with van der Waals surface area (Å²) in [7, 11) is 0. The van der Waals surface area contributed by atoms with Crippen molar-refractivity contribution in [2.45, 2.75) is 13.3 Å². The Labute approximate surface area is 65.4 Å². The molecule has 0 saturated heterocycles. The van der Waals surface area contributed by atoms with Gasteiger partial charge >= 0.3 is 0 Å². The number of thiocarbonyl (C=S) groups is 1. The summed E-state index contributed by atoms with van der Waals surface area (Å²) >= 11 is 4.94. The van der Waals surface area contributed by atoms with Crippen LogP contribution in [0.1, 0.15) is 13.3 Å². The molecule has 0 amide bonds. The van der Waals surface area contributed by atoms with E-state index in [1.807, 2.05) is 19.1 Å². The first-order valence-corrected chi connectivity index (χ1v) is 3.51. The Hall–Kier alpha value is -0.760. The van der Waals surface area contributed by atoms with Crippen molar-refractivity contribution >= 4 is 23.4 Å². The molecule has 1 nitrogen and oxygen atoms in total. The van der Waals surface area contributed by atoms with Crippen LogP contribution in [0, 0.1) is 0 Å². The highest BCUT2D eigenvalue weighted by Crippen LogP contribution is 2.12. The summed E-state index contributed by atoms with van der Waals surface area (Å²) in [5, 5.41) is 0. The van der Waals surface area contributed by atoms with Crippen LogP contribution >= 0.6 is 12.2 Å². The number of hydrogen-bond acceptors (Lipinski definition) is 2. The van der Waals surface area contributed by atoms with Gasteiger partial charge in [0.15, 0.2) is 6.29 Å². The van der Waals surface area contributed by atoms with Crippen molar-refractivity contribution in [1.82, 2.24) is 0 Å². The van der Waals surface area contributed by atoms with Crippen molar-refractivity contribution in [1.29, 1.82) is 0 Å². The Balaban J connectivity index is 2.94. The van der Waals surface area contributed by atoms with Gasteiger partial charge in [-0.15, -0.1) is 0 Å². The first kappa shape index (κ1) is 7.35. The predicted molar refractivity (Wildman–Crippen MR) is 45.1 cm³/mol. The molecule has 0 heterocycles. The molecule has 0 unspecified atom stereocenters. The molecular formula is C8H8OS. The summed E-state index contributed by atoms with van der Waals surface area (Å²) in [5.74, 6) is 0. The average molecular weight is 152 g/mol. The summed E-state index contributed by atoms with van der Waals surface area (Å²) in [6, 6.07) is 0. The Morgan fingerprint density at radius 2 is 2.40 bits per heavy atom. The average Bonchev–Trinajstić information content (AvgIpc) is 1.94. The number of carbonyl (C=O) groups excluding carboxylic acids is 1. The topological polar surface area (TPSA) is 17.1 Å². The molecule has 1 aliphatic carbocycles. The summed E-state index contributed by atoms with van der Waals surface area (Å²) in [6.07, 6.45) is 5.40. The molecule has 2 heteroatoms. The largest absolute Gasteiger partial charge is 0.298 e. The van der Waals surface area contributed by atoms with E-state index in [-0.39, 0.29) is 0 Å². The van der Waals surface area contributed by atoms with Crippen LogP contribution in [0.3, 0.4) is 0 Å². The predicted octanol–water partition coefficient (Wildman–Crippen LogP) is 1.83. The first-order valence-electron chi connectivity index (χ1n) is 3.11. The standard InChI is InChI=1S/C8H8OS/c1-6-2-3-8(10)7(4-6)5-9/h2,4-5H,3H2,1H3. The Morgan fingerprint density at radius 3 is 2.90 bits per heavy atom. The van der Waals surface area contributed by atoms with E-state index in [0.717, 1.165) is 23.1 Å². The molecule has 0 fully saturated rings. The van der Waals surface area contributed by atoms with Gasteiger partial charge < -0.3 is 0 Å². The van der Waals surface area contributed by atoms with Crippen LogP contribution in [0.2, 0.25) is 0 Å². The normalized spacial score (nSPS) is 17.9. The van der Waals surface area contributed by atoms with Gasteiger partial charge in [-0.2, -0.15) is 0 Å². The van der Waals surface area contributed by atoms with Crippen molar-refractivity contribution in [2.75, 3.05) is 0 Å². The summed E-state index contributed by atoms with van der Waals surface area (Å²) in [5.41, 5.74) is 1.78. The van der Waals surface area contributed by atoms with Crippen molar-refractivity contribution in [3.8, 4) is 0 Å². The molecule has 1 rings (SSSR count). The van der Waals surface area contributed by atoms with E-state index in [2.05, 4.69) is 0 Å². The minimum atomic E-state index is 0.662. The van der Waals surface area contributed by atoms with Gasteiger partial charge in [0.25, 0.3) is 0 Å². The van der Waals surface area contributed by atoms with Gasteiger partial charge in [0, 0.05) is 16.9 Å². The summed E-state index contributed by atoms with van der Waals surface area (Å²) in [6.45, 7) is 1.96. The summed E-state index contributed by atoms with van der Waals surface area (Å²) in [4.78, 5) is 11.1. The van der Waals surface area contributed by atoms with Gasteiger partial charge in [-0.25, -0.2) is 0 Å². The fourth-order valence-electron chi connectivity index (χ4n) is 0.856. The molecule has 0 aromatic heterocycles. The second-order valence-corrected chi connectivity index (χ2v) is 2.79. The van der Waals surface area contributed by atoms with Gasteiger partial charge in [0.1, 0.15) is 0 Å². The molecule has 52 valence electrons. The second-order valence-electron chi connectivity index (χ2n) is 2.29. The number of rotatable bonds is 1. The molecule has 0 N–H and O–H groups in total. The molecule has 0 saturated carbocycles. The maximum Gasteiger partial charge on any atom is 0.151 e. The zero-order chi connectivity index (χ0) is 7.56. The SMILES string of the molecule is CC1=CCC(=S)C(C=O)=C1. The van der Waals surface area contributed by atoms with Gasteiger partial charge in [-0.1, -0.05) is 23.9 Å². The second kappa shape index (κ2) is 2.88. The molecule has 1 aliphatic rings. The van der Waals surface area contributed by atoms with Gasteiger partial charge in [0.05, 0.1) is 0 Å². The Bertz CT molecular complexity index is 236. The maximum atomic E-state index is 10.3. The number of aldehydes is 1. The van der Waals surface area contributed by atoms with E-state index >= 15 is 0 Å². The smallest absolute Gasteiger partial charge is 0.151 e. The minimum Gasteiger partial charge on any atom is -0.298 e. The van der Waals surface area contributed by atoms with E-state index in [9.17, 15) is 4.79 Å². The van der Waals surface area contributed by atoms with Crippen molar-refractivity contribution in [2.24, 2.45) is 0 Å². The van der Waals surface area contributed by atoms with Crippen molar-refractivity contribution in [3.05, 3.63) is 23.3 Å². The Kier molecular flexibility index (Phi) is 2.12. The van der Waals surface area contributed by atoms with Crippen LogP contribution in [0.5, 0.6) is 0 Å². The van der Waals surface area contributed by atoms with Crippen LogP contribution in [-0.4, -0.2) is 11.2 Å². The molecule has 0 spiro atoms. The van der Waals surface area contributed by atoms with Crippen LogP contribution in [-0.2, 0) is 4.79 Å². The molecule has 0 aromatic rings. The van der Waals surface area contributed by atoms with Crippen LogP contribution in [0.25, 0.3) is 0 Å². The maximum absolute atomic E-state index is 10.3. The number of hydrogen-bond donors (Lipinski definition) is 0. The van der Waals surface area contributed by atoms with E-state index in [1.165, 1.54) is 0 Å². The first-order chi connectivity index (χ1) is 4.74. The fraction of sp³-hybridized carbons (Fsp3) is 0.250. The Morgan fingerprint density at radius 1 is 1.70 bits per heavy atom. The van der Waals surface area contributed by atoms with E-state index in [1.54, 1.807) is 0 Å². The molecule has 10 heavy (non-hydrogen) atoms. The fourth-order valence-corrected chi connectivity index (χ4v) is 1.05. The lowest BCUT2D eigenvalue weighted by Crippen LogP contribution is -2.03. The third-order valence-corrected chi connectivity index (χ3v) is 1.84. The molecule has 0 aliphatic heterocycles. The summed E-state index contributed by atoms with van der Waals surface area (Å²) < 4.78 is 0. The quantitative estimate of drug-likeness (QED) is 0.421. The van der Waals surface area contributed by atoms with E-state index in [0.29, 0.717) is 5.57 Å². The lowest BCUT2D eigenvalue weighted by molar-refractivity contribution is -0.104. The van der Waals surface area contributed by atoms with Gasteiger partial charge in [-0.05, 0) is 13.0 Å². The minimum absolute atomic E-state index is 0.662. The molecule has 0 bridgehead atoms. The zero-order valence-electron chi connectivity index (χ0n) is 5.76. The van der Waals surface area contributed by atoms with Crippen LogP contribution in [0.15, 0.2) is 23.3 Å². The third-order valence-electron chi connectivity index (χ3n) is 1.44.